The maximum Gasteiger partial charge on any atom is 0.472 e. The first-order chi connectivity index (χ1) is 12.8. The van der Waals surface area contributed by atoms with Gasteiger partial charge in [0, 0.05) is 57.4 Å². The average Bonchev–Trinajstić information content (AvgIpc) is 3.23. The van der Waals surface area contributed by atoms with Crippen LogP contribution >= 0.6 is 7.82 Å². The fourth-order valence-corrected chi connectivity index (χ4v) is 4.01. The number of aromatic nitrogens is 1. The van der Waals surface area contributed by atoms with E-state index in [4.69, 9.17) is 14.0 Å². The summed E-state index contributed by atoms with van der Waals surface area (Å²) in [6.07, 6.45) is 1.95. The number of phosphoric ester groups is 1. The highest BCUT2D eigenvalue weighted by Crippen LogP contribution is 2.52. The number of nitrogens with zero attached hydrogens (tertiary/aromatic N) is 2. The highest BCUT2D eigenvalue weighted by Gasteiger charge is 2.46. The van der Waals surface area contributed by atoms with Gasteiger partial charge in [-0.2, -0.15) is 0 Å². The summed E-state index contributed by atoms with van der Waals surface area (Å²) in [7, 11) is -1.59. The Bertz CT molecular complexity index is 884. The molecule has 1 aliphatic rings. The molecular formula is C16H21N2O8P. The molecular weight excluding hydrogens is 379 g/mol. The first-order valence-corrected chi connectivity index (χ1v) is 9.73. The molecule has 0 saturated carbocycles. The van der Waals surface area contributed by atoms with Crippen LogP contribution in [0.3, 0.4) is 0 Å². The van der Waals surface area contributed by atoms with Crippen molar-refractivity contribution in [1.82, 2.24) is 4.57 Å². The number of methoxy groups -OCH3 is 1. The molecule has 27 heavy (non-hydrogen) atoms. The number of nitro benzene ring substituents is 1. The Morgan fingerprint density at radius 3 is 2.89 bits per heavy atom. The predicted octanol–water partition coefficient (Wildman–Crippen LogP) is 3.01. The average molecular weight is 400 g/mol. The van der Waals surface area contributed by atoms with E-state index in [0.717, 1.165) is 12.6 Å². The van der Waals surface area contributed by atoms with E-state index < -0.39 is 24.6 Å². The van der Waals surface area contributed by atoms with Gasteiger partial charge in [-0.05, 0) is 12.1 Å². The lowest BCUT2D eigenvalue weighted by molar-refractivity contribution is -0.384. The van der Waals surface area contributed by atoms with Gasteiger partial charge in [-0.15, -0.1) is 0 Å². The molecule has 1 fully saturated rings. The fourth-order valence-electron chi connectivity index (χ4n) is 3.23. The van der Waals surface area contributed by atoms with Crippen molar-refractivity contribution in [3.8, 4) is 0 Å². The minimum absolute atomic E-state index is 0.00618. The molecule has 3 rings (SSSR count). The number of non-ortho nitro benzene ring substituents is 1. The molecule has 0 radical (unpaired) electrons. The third-order valence-corrected chi connectivity index (χ3v) is 5.69. The molecule has 10 nitrogen and oxygen atoms in total. The largest absolute Gasteiger partial charge is 0.472 e. The Morgan fingerprint density at radius 1 is 1.44 bits per heavy atom. The van der Waals surface area contributed by atoms with Crippen molar-refractivity contribution in [2.24, 2.45) is 0 Å². The fraction of sp³-hybridized carbons (Fsp3) is 0.500. The third-order valence-electron chi connectivity index (χ3n) is 4.61. The summed E-state index contributed by atoms with van der Waals surface area (Å²) in [5, 5.41) is 11.6. The van der Waals surface area contributed by atoms with Crippen molar-refractivity contribution in [2.75, 3.05) is 27.4 Å². The van der Waals surface area contributed by atoms with E-state index in [9.17, 15) is 19.6 Å². The molecule has 1 aliphatic heterocycles. The Morgan fingerprint density at radius 2 is 2.22 bits per heavy atom. The van der Waals surface area contributed by atoms with Crippen LogP contribution in [0.1, 0.15) is 19.1 Å². The monoisotopic (exact) mass is 400 g/mol. The third kappa shape index (κ3) is 4.21. The minimum atomic E-state index is -4.22. The molecule has 0 aliphatic carbocycles. The standard InChI is InChI=1S/C16H21N2O8P/c1-23-8-6-16(26-27(21,22)24-2)10-15(25-11-16)17-7-5-12-9-13(18(19)20)3-4-14(12)17/h3-5,7,9,15H,6,8,10-11H2,1-2H3,(H,21,22)/t15-,16?/m1/s1. The van der Waals surface area contributed by atoms with E-state index >= 15 is 0 Å². The van der Waals surface area contributed by atoms with Gasteiger partial charge in [0.2, 0.25) is 0 Å². The van der Waals surface area contributed by atoms with Crippen LogP contribution in [0.2, 0.25) is 0 Å². The van der Waals surface area contributed by atoms with Gasteiger partial charge in [-0.1, -0.05) is 0 Å². The second kappa shape index (κ2) is 7.67. The number of ether oxygens (including phenoxy) is 2. The molecule has 1 saturated heterocycles. The number of rotatable bonds is 8. The molecule has 1 N–H and O–H groups in total. The van der Waals surface area contributed by atoms with Crippen LogP contribution in [0, 0.1) is 10.1 Å². The molecule has 2 unspecified atom stereocenters. The Kier molecular flexibility index (Phi) is 5.66. The number of benzene rings is 1. The van der Waals surface area contributed by atoms with E-state index in [-0.39, 0.29) is 12.3 Å². The van der Waals surface area contributed by atoms with E-state index in [1.165, 1.54) is 19.2 Å². The predicted molar refractivity (Wildman–Crippen MR) is 95.3 cm³/mol. The van der Waals surface area contributed by atoms with Crippen LogP contribution in [0.15, 0.2) is 30.5 Å². The first-order valence-electron chi connectivity index (χ1n) is 8.24. The van der Waals surface area contributed by atoms with Crippen LogP contribution in [0.5, 0.6) is 0 Å². The molecule has 2 aromatic rings. The SMILES string of the molecule is COCCC1(OP(=O)(O)OC)CO[C@@H](n2ccc3cc([N+](=O)[O-])ccc32)C1. The quantitative estimate of drug-likeness (QED) is 0.408. The lowest BCUT2D eigenvalue weighted by Gasteiger charge is -2.28. The Hall–Kier alpha value is -1.81. The van der Waals surface area contributed by atoms with Crippen LogP contribution in [-0.4, -0.2) is 47.4 Å². The molecule has 1 aromatic heterocycles. The molecule has 0 amide bonds. The molecule has 3 atom stereocenters. The van der Waals surface area contributed by atoms with Gasteiger partial charge < -0.3 is 18.9 Å². The summed E-state index contributed by atoms with van der Waals surface area (Å²) < 4.78 is 34.7. The van der Waals surface area contributed by atoms with Crippen molar-refractivity contribution < 1.29 is 32.9 Å². The zero-order valence-electron chi connectivity index (χ0n) is 14.9. The lowest BCUT2D eigenvalue weighted by atomic mass is 9.98. The van der Waals surface area contributed by atoms with Crippen molar-refractivity contribution in [3.05, 3.63) is 40.6 Å². The summed E-state index contributed by atoms with van der Waals surface area (Å²) in [6.45, 7) is 0.403. The number of phosphoric acid groups is 1. The number of hydrogen-bond donors (Lipinski definition) is 1. The van der Waals surface area contributed by atoms with E-state index in [2.05, 4.69) is 4.52 Å². The van der Waals surface area contributed by atoms with Crippen LogP contribution in [-0.2, 0) is 23.1 Å². The maximum absolute atomic E-state index is 12.0. The van der Waals surface area contributed by atoms with Gasteiger partial charge in [0.25, 0.3) is 5.69 Å². The highest BCUT2D eigenvalue weighted by molar-refractivity contribution is 7.47. The van der Waals surface area contributed by atoms with Crippen molar-refractivity contribution in [1.29, 1.82) is 0 Å². The van der Waals surface area contributed by atoms with Crippen LogP contribution < -0.4 is 0 Å². The molecule has 0 spiro atoms. The second-order valence-electron chi connectivity index (χ2n) is 6.36. The molecule has 0 bridgehead atoms. The maximum atomic E-state index is 12.0. The van der Waals surface area contributed by atoms with Crippen molar-refractivity contribution >= 4 is 24.4 Å². The van der Waals surface area contributed by atoms with Gasteiger partial charge in [0.05, 0.1) is 17.0 Å². The van der Waals surface area contributed by atoms with Crippen LogP contribution in [0.25, 0.3) is 10.9 Å². The van der Waals surface area contributed by atoms with Gasteiger partial charge in [-0.25, -0.2) is 4.57 Å². The zero-order valence-corrected chi connectivity index (χ0v) is 15.8. The van der Waals surface area contributed by atoms with E-state index in [1.54, 1.807) is 18.3 Å². The minimum Gasteiger partial charge on any atom is -0.385 e. The van der Waals surface area contributed by atoms with E-state index in [1.807, 2.05) is 4.57 Å². The Labute approximate surface area is 155 Å². The first kappa shape index (κ1) is 19.9. The topological polar surface area (TPSA) is 122 Å². The zero-order chi connectivity index (χ0) is 19.7. The van der Waals surface area contributed by atoms with Crippen molar-refractivity contribution in [2.45, 2.75) is 24.7 Å². The lowest BCUT2D eigenvalue weighted by Crippen LogP contribution is -2.34. The molecule has 148 valence electrons. The highest BCUT2D eigenvalue weighted by atomic mass is 31.2. The number of fused-ring (bicyclic) bond motifs is 1. The summed E-state index contributed by atoms with van der Waals surface area (Å²) in [4.78, 5) is 20.3. The van der Waals surface area contributed by atoms with E-state index in [0.29, 0.717) is 24.8 Å². The summed E-state index contributed by atoms with van der Waals surface area (Å²) in [5.41, 5.74) is -0.281. The summed E-state index contributed by atoms with van der Waals surface area (Å²) in [6, 6.07) is 6.32. The second-order valence-corrected chi connectivity index (χ2v) is 7.85. The number of hydrogen-bond acceptors (Lipinski definition) is 7. The molecule has 11 heteroatoms. The van der Waals surface area contributed by atoms with Gasteiger partial charge in [0.15, 0.2) is 0 Å². The van der Waals surface area contributed by atoms with Gasteiger partial charge in [0.1, 0.15) is 11.8 Å². The van der Waals surface area contributed by atoms with Gasteiger partial charge >= 0.3 is 7.82 Å². The molecule has 2 heterocycles. The Balaban J connectivity index is 1.87. The normalized spacial score (nSPS) is 24.9. The molecule has 1 aromatic carbocycles. The number of nitro groups is 1. The van der Waals surface area contributed by atoms with Crippen molar-refractivity contribution in [3.63, 3.8) is 0 Å². The summed E-state index contributed by atoms with van der Waals surface area (Å²) in [5.74, 6) is 0. The van der Waals surface area contributed by atoms with Crippen LogP contribution in [0.4, 0.5) is 5.69 Å². The summed E-state index contributed by atoms with van der Waals surface area (Å²) >= 11 is 0. The van der Waals surface area contributed by atoms with Gasteiger partial charge in [-0.3, -0.25) is 19.2 Å². The smallest absolute Gasteiger partial charge is 0.385 e.